The molecule has 0 unspecified atom stereocenters. The first kappa shape index (κ1) is 10.0. The van der Waals surface area contributed by atoms with E-state index in [-0.39, 0.29) is 0 Å². The molecule has 84 valence electrons. The van der Waals surface area contributed by atoms with E-state index in [0.717, 1.165) is 5.69 Å². The Morgan fingerprint density at radius 1 is 1.38 bits per heavy atom. The first-order chi connectivity index (χ1) is 7.84. The highest BCUT2D eigenvalue weighted by molar-refractivity contribution is 7.13. The fraction of sp³-hybridized carbons (Fsp3) is 0.500. The maximum Gasteiger partial charge on any atom is 0.0801 e. The number of thiazole rings is 1. The van der Waals surface area contributed by atoms with Gasteiger partial charge in [0.05, 0.1) is 28.3 Å². The van der Waals surface area contributed by atoms with E-state index in [1.807, 2.05) is 11.7 Å². The van der Waals surface area contributed by atoms with Crippen LogP contribution in [0.1, 0.15) is 37.4 Å². The maximum absolute atomic E-state index is 4.49. The summed E-state index contributed by atoms with van der Waals surface area (Å²) in [6.07, 6.45) is 9.40. The van der Waals surface area contributed by atoms with E-state index in [0.29, 0.717) is 6.04 Å². The third-order valence-electron chi connectivity index (χ3n) is 3.31. The van der Waals surface area contributed by atoms with Gasteiger partial charge >= 0.3 is 0 Å². The smallest absolute Gasteiger partial charge is 0.0801 e. The highest BCUT2D eigenvalue weighted by atomic mass is 32.1. The van der Waals surface area contributed by atoms with Gasteiger partial charge in [-0.15, -0.1) is 11.3 Å². The molecule has 0 bridgehead atoms. The van der Waals surface area contributed by atoms with Crippen LogP contribution in [0.4, 0.5) is 0 Å². The normalized spacial score (nSPS) is 17.1. The van der Waals surface area contributed by atoms with Gasteiger partial charge in [-0.05, 0) is 19.8 Å². The van der Waals surface area contributed by atoms with Gasteiger partial charge in [-0.1, -0.05) is 12.8 Å². The standard InChI is InChI=1S/C12H15N3S/c1-9-12(16-8-13-9)10-6-14-15(7-10)11-4-2-3-5-11/h6-8,11H,2-5H2,1H3. The van der Waals surface area contributed by atoms with E-state index >= 15 is 0 Å². The fourth-order valence-electron chi connectivity index (χ4n) is 2.40. The van der Waals surface area contributed by atoms with Crippen molar-refractivity contribution < 1.29 is 0 Å². The predicted molar refractivity (Wildman–Crippen MR) is 65.6 cm³/mol. The molecule has 1 fully saturated rings. The highest BCUT2D eigenvalue weighted by Crippen LogP contribution is 2.32. The molecule has 2 aromatic rings. The first-order valence-corrected chi connectivity index (χ1v) is 6.67. The van der Waals surface area contributed by atoms with Crippen molar-refractivity contribution in [3.63, 3.8) is 0 Å². The minimum atomic E-state index is 0.627. The molecule has 0 amide bonds. The van der Waals surface area contributed by atoms with Crippen molar-refractivity contribution in [2.75, 3.05) is 0 Å². The van der Waals surface area contributed by atoms with Crippen molar-refractivity contribution in [3.8, 4) is 10.4 Å². The summed E-state index contributed by atoms with van der Waals surface area (Å²) in [5, 5.41) is 4.49. The average molecular weight is 233 g/mol. The molecular formula is C12H15N3S. The molecular weight excluding hydrogens is 218 g/mol. The van der Waals surface area contributed by atoms with Crippen LogP contribution in [0, 0.1) is 6.92 Å². The van der Waals surface area contributed by atoms with E-state index < -0.39 is 0 Å². The summed E-state index contributed by atoms with van der Waals surface area (Å²) < 4.78 is 2.14. The van der Waals surface area contributed by atoms with Crippen LogP contribution < -0.4 is 0 Å². The van der Waals surface area contributed by atoms with E-state index in [9.17, 15) is 0 Å². The zero-order valence-electron chi connectivity index (χ0n) is 9.39. The van der Waals surface area contributed by atoms with Crippen molar-refractivity contribution in [3.05, 3.63) is 23.6 Å². The maximum atomic E-state index is 4.49. The predicted octanol–water partition coefficient (Wildman–Crippen LogP) is 3.43. The molecule has 1 saturated carbocycles. The van der Waals surface area contributed by atoms with Crippen molar-refractivity contribution >= 4 is 11.3 Å². The summed E-state index contributed by atoms with van der Waals surface area (Å²) in [7, 11) is 0. The number of nitrogens with zero attached hydrogens (tertiary/aromatic N) is 3. The Bertz CT molecular complexity index is 480. The van der Waals surface area contributed by atoms with Gasteiger partial charge in [-0.2, -0.15) is 5.10 Å². The number of hydrogen-bond donors (Lipinski definition) is 0. The lowest BCUT2D eigenvalue weighted by Crippen LogP contribution is -2.04. The minimum Gasteiger partial charge on any atom is -0.269 e. The van der Waals surface area contributed by atoms with Gasteiger partial charge in [-0.25, -0.2) is 4.98 Å². The molecule has 0 N–H and O–H groups in total. The molecule has 3 nitrogen and oxygen atoms in total. The second-order valence-electron chi connectivity index (χ2n) is 4.41. The Morgan fingerprint density at radius 2 is 2.19 bits per heavy atom. The van der Waals surface area contributed by atoms with E-state index in [4.69, 9.17) is 0 Å². The SMILES string of the molecule is Cc1ncsc1-c1cnn(C2CCCC2)c1. The second-order valence-corrected chi connectivity index (χ2v) is 5.27. The summed E-state index contributed by atoms with van der Waals surface area (Å²) >= 11 is 1.69. The molecule has 0 aromatic carbocycles. The molecule has 1 aliphatic rings. The van der Waals surface area contributed by atoms with Crippen LogP contribution in [-0.2, 0) is 0 Å². The largest absolute Gasteiger partial charge is 0.269 e. The van der Waals surface area contributed by atoms with Crippen LogP contribution in [0.3, 0.4) is 0 Å². The molecule has 0 atom stereocenters. The lowest BCUT2D eigenvalue weighted by Gasteiger charge is -2.08. The summed E-state index contributed by atoms with van der Waals surface area (Å²) in [6.45, 7) is 2.05. The zero-order valence-corrected chi connectivity index (χ0v) is 10.2. The van der Waals surface area contributed by atoms with Crippen LogP contribution >= 0.6 is 11.3 Å². The van der Waals surface area contributed by atoms with Gasteiger partial charge in [0.2, 0.25) is 0 Å². The molecule has 0 aliphatic heterocycles. The van der Waals surface area contributed by atoms with E-state index in [1.165, 1.54) is 36.1 Å². The lowest BCUT2D eigenvalue weighted by molar-refractivity contribution is 0.467. The van der Waals surface area contributed by atoms with Crippen molar-refractivity contribution in [1.82, 2.24) is 14.8 Å². The third kappa shape index (κ3) is 1.67. The van der Waals surface area contributed by atoms with Crippen molar-refractivity contribution in [2.45, 2.75) is 38.6 Å². The fourth-order valence-corrected chi connectivity index (χ4v) is 3.18. The zero-order chi connectivity index (χ0) is 11.0. The van der Waals surface area contributed by atoms with Gasteiger partial charge < -0.3 is 0 Å². The molecule has 2 heterocycles. The van der Waals surface area contributed by atoms with Crippen LogP contribution in [0.25, 0.3) is 10.4 Å². The average Bonchev–Trinajstić information content (AvgIpc) is 2.96. The van der Waals surface area contributed by atoms with Crippen LogP contribution in [0.15, 0.2) is 17.9 Å². The minimum absolute atomic E-state index is 0.627. The molecule has 3 rings (SSSR count). The Hall–Kier alpha value is -1.16. The van der Waals surface area contributed by atoms with E-state index in [2.05, 4.69) is 27.9 Å². The molecule has 4 heteroatoms. The number of aryl methyl sites for hydroxylation is 1. The third-order valence-corrected chi connectivity index (χ3v) is 4.29. The van der Waals surface area contributed by atoms with Crippen molar-refractivity contribution in [2.24, 2.45) is 0 Å². The second kappa shape index (κ2) is 4.01. The van der Waals surface area contributed by atoms with Gasteiger partial charge in [0.25, 0.3) is 0 Å². The topological polar surface area (TPSA) is 30.7 Å². The number of hydrogen-bond acceptors (Lipinski definition) is 3. The summed E-state index contributed by atoms with van der Waals surface area (Å²) in [6, 6.07) is 0.627. The Balaban J connectivity index is 1.90. The number of aromatic nitrogens is 3. The van der Waals surface area contributed by atoms with Crippen LogP contribution in [-0.4, -0.2) is 14.8 Å². The monoisotopic (exact) mass is 233 g/mol. The van der Waals surface area contributed by atoms with Crippen LogP contribution in [0.5, 0.6) is 0 Å². The Labute approximate surface area is 99.1 Å². The lowest BCUT2D eigenvalue weighted by atomic mass is 10.2. The number of rotatable bonds is 2. The molecule has 0 spiro atoms. The molecule has 0 radical (unpaired) electrons. The summed E-state index contributed by atoms with van der Waals surface area (Å²) in [5.74, 6) is 0. The van der Waals surface area contributed by atoms with Gasteiger partial charge in [0.15, 0.2) is 0 Å². The highest BCUT2D eigenvalue weighted by Gasteiger charge is 2.18. The molecule has 2 aromatic heterocycles. The van der Waals surface area contributed by atoms with Crippen LogP contribution in [0.2, 0.25) is 0 Å². The van der Waals surface area contributed by atoms with Gasteiger partial charge in [-0.3, -0.25) is 4.68 Å². The van der Waals surface area contributed by atoms with Crippen molar-refractivity contribution in [1.29, 1.82) is 0 Å². The molecule has 16 heavy (non-hydrogen) atoms. The Morgan fingerprint density at radius 3 is 2.88 bits per heavy atom. The van der Waals surface area contributed by atoms with Gasteiger partial charge in [0, 0.05) is 11.8 Å². The molecule has 1 aliphatic carbocycles. The Kier molecular flexibility index (Phi) is 2.52. The summed E-state index contributed by atoms with van der Waals surface area (Å²) in [4.78, 5) is 5.54. The first-order valence-electron chi connectivity index (χ1n) is 5.79. The van der Waals surface area contributed by atoms with E-state index in [1.54, 1.807) is 11.3 Å². The summed E-state index contributed by atoms with van der Waals surface area (Å²) in [5.41, 5.74) is 4.22. The van der Waals surface area contributed by atoms with Gasteiger partial charge in [0.1, 0.15) is 0 Å². The quantitative estimate of drug-likeness (QED) is 0.795. The molecule has 0 saturated heterocycles.